The molecule has 0 aliphatic carbocycles. The number of alkyl halides is 3. The number of piperazine rings is 1. The fourth-order valence-corrected chi connectivity index (χ4v) is 4.59. The summed E-state index contributed by atoms with van der Waals surface area (Å²) in [6, 6.07) is 8.14. The Morgan fingerprint density at radius 2 is 1.94 bits per heavy atom. The zero-order valence-corrected chi connectivity index (χ0v) is 18.2. The lowest BCUT2D eigenvalue weighted by Crippen LogP contribution is -2.49. The Kier molecular flexibility index (Phi) is 5.48. The highest BCUT2D eigenvalue weighted by Gasteiger charge is 2.48. The van der Waals surface area contributed by atoms with Gasteiger partial charge in [-0.15, -0.1) is 0 Å². The van der Waals surface area contributed by atoms with Crippen molar-refractivity contribution in [2.75, 3.05) is 36.4 Å². The molecular formula is C22H21ClF3N5O2. The number of furan rings is 1. The van der Waals surface area contributed by atoms with Crippen LogP contribution in [0.3, 0.4) is 0 Å². The average Bonchev–Trinajstić information content (AvgIpc) is 3.47. The maximum atomic E-state index is 13.8. The second-order valence-electron chi connectivity index (χ2n) is 8.12. The van der Waals surface area contributed by atoms with Crippen LogP contribution in [0.4, 0.5) is 24.7 Å². The highest BCUT2D eigenvalue weighted by Crippen LogP contribution is 2.44. The number of hydrogen-bond donors (Lipinski definition) is 1. The number of anilines is 2. The van der Waals surface area contributed by atoms with Crippen molar-refractivity contribution >= 4 is 29.0 Å². The van der Waals surface area contributed by atoms with Gasteiger partial charge in [-0.25, -0.2) is 4.68 Å². The van der Waals surface area contributed by atoms with Crippen molar-refractivity contribution in [2.24, 2.45) is 0 Å². The molecule has 0 bridgehead atoms. The van der Waals surface area contributed by atoms with E-state index in [1.165, 1.54) is 12.5 Å². The molecule has 2 aliphatic rings. The molecule has 5 rings (SSSR count). The summed E-state index contributed by atoms with van der Waals surface area (Å²) in [5.74, 6) is 0.0907. The second kappa shape index (κ2) is 8.33. The molecule has 3 aromatic rings. The van der Waals surface area contributed by atoms with E-state index >= 15 is 0 Å². The van der Waals surface area contributed by atoms with Crippen LogP contribution in [0.15, 0.2) is 53.3 Å². The number of nitrogens with one attached hydrogen (secondary N) is 1. The summed E-state index contributed by atoms with van der Waals surface area (Å²) in [7, 11) is 0. The first-order chi connectivity index (χ1) is 15.8. The summed E-state index contributed by atoms with van der Waals surface area (Å²) in [6.07, 6.45) is -2.16. The number of amides is 1. The van der Waals surface area contributed by atoms with Gasteiger partial charge >= 0.3 is 6.18 Å². The van der Waals surface area contributed by atoms with Gasteiger partial charge in [0.1, 0.15) is 17.1 Å². The number of fused-ring (bicyclic) bond motifs is 1. The van der Waals surface area contributed by atoms with Gasteiger partial charge < -0.3 is 19.5 Å². The maximum Gasteiger partial charge on any atom is 0.410 e. The molecule has 11 heteroatoms. The lowest BCUT2D eigenvalue weighted by atomic mass is 10.0. The Morgan fingerprint density at radius 3 is 2.61 bits per heavy atom. The molecule has 0 saturated carbocycles. The fraction of sp³-hybridized carbons (Fsp3) is 0.364. The predicted molar refractivity (Wildman–Crippen MR) is 117 cm³/mol. The Hall–Kier alpha value is -3.14. The lowest BCUT2D eigenvalue weighted by Gasteiger charge is -2.37. The molecular weight excluding hydrogens is 459 g/mol. The number of benzene rings is 1. The van der Waals surface area contributed by atoms with Crippen LogP contribution in [0, 0.1) is 0 Å². The molecule has 1 N–H and O–H groups in total. The molecule has 2 aliphatic heterocycles. The Labute approximate surface area is 192 Å². The van der Waals surface area contributed by atoms with Crippen LogP contribution in [0.25, 0.3) is 0 Å². The third-order valence-corrected chi connectivity index (χ3v) is 6.33. The first kappa shape index (κ1) is 21.7. The molecule has 1 aromatic carbocycles. The first-order valence-electron chi connectivity index (χ1n) is 10.5. The Morgan fingerprint density at radius 1 is 1.15 bits per heavy atom. The highest BCUT2D eigenvalue weighted by atomic mass is 35.5. The summed E-state index contributed by atoms with van der Waals surface area (Å²) in [4.78, 5) is 17.0. The van der Waals surface area contributed by atoms with Crippen LogP contribution in [-0.4, -0.2) is 52.9 Å². The summed E-state index contributed by atoms with van der Waals surface area (Å²) in [5, 5.41) is 7.62. The predicted octanol–water partition coefficient (Wildman–Crippen LogP) is 4.75. The number of hydrogen-bond acceptors (Lipinski definition) is 5. The van der Waals surface area contributed by atoms with Gasteiger partial charge in [0.25, 0.3) is 5.91 Å². The van der Waals surface area contributed by atoms with Crippen molar-refractivity contribution in [1.82, 2.24) is 14.7 Å². The minimum Gasteiger partial charge on any atom is -0.467 e. The Balaban J connectivity index is 1.37. The first-order valence-corrected chi connectivity index (χ1v) is 10.9. The molecule has 174 valence electrons. The number of carbonyl (C=O) groups excluding carboxylic acids is 1. The zero-order valence-electron chi connectivity index (χ0n) is 17.4. The van der Waals surface area contributed by atoms with E-state index in [9.17, 15) is 18.0 Å². The summed E-state index contributed by atoms with van der Waals surface area (Å²) in [5.41, 5.74) is 1.09. The zero-order chi connectivity index (χ0) is 23.2. The van der Waals surface area contributed by atoms with E-state index in [0.29, 0.717) is 37.0 Å². The monoisotopic (exact) mass is 479 g/mol. The van der Waals surface area contributed by atoms with Gasteiger partial charge in [0.05, 0.1) is 18.5 Å². The third kappa shape index (κ3) is 4.15. The van der Waals surface area contributed by atoms with Gasteiger partial charge in [0.2, 0.25) is 0 Å². The van der Waals surface area contributed by atoms with Crippen LogP contribution in [0.2, 0.25) is 5.02 Å². The van der Waals surface area contributed by atoms with Crippen LogP contribution in [0.5, 0.6) is 0 Å². The highest BCUT2D eigenvalue weighted by molar-refractivity contribution is 6.30. The molecule has 2 aromatic heterocycles. The van der Waals surface area contributed by atoms with E-state index in [1.54, 1.807) is 23.1 Å². The molecule has 1 fully saturated rings. The van der Waals surface area contributed by atoms with Crippen LogP contribution in [0.1, 0.15) is 34.6 Å². The van der Waals surface area contributed by atoms with Gasteiger partial charge in [-0.1, -0.05) is 17.7 Å². The number of rotatable bonds is 3. The van der Waals surface area contributed by atoms with Crippen LogP contribution < -0.4 is 10.2 Å². The number of carbonyl (C=O) groups is 1. The molecule has 7 nitrogen and oxygen atoms in total. The van der Waals surface area contributed by atoms with E-state index in [-0.39, 0.29) is 23.7 Å². The summed E-state index contributed by atoms with van der Waals surface area (Å²) in [6.45, 7) is 2.03. The van der Waals surface area contributed by atoms with Gasteiger partial charge in [0, 0.05) is 43.3 Å². The minimum absolute atomic E-state index is 0.0623. The van der Waals surface area contributed by atoms with Crippen molar-refractivity contribution < 1.29 is 22.4 Å². The van der Waals surface area contributed by atoms with E-state index < -0.39 is 18.3 Å². The van der Waals surface area contributed by atoms with Gasteiger partial charge in [-0.2, -0.15) is 18.3 Å². The SMILES string of the molecule is O=C(c1cnn2c1N[C@H](c1ccco1)C[C@@H]2C(F)(F)F)N1CCN(c2cccc(Cl)c2)CC1. The lowest BCUT2D eigenvalue weighted by molar-refractivity contribution is -0.174. The molecule has 2 atom stereocenters. The van der Waals surface area contributed by atoms with E-state index in [2.05, 4.69) is 15.3 Å². The van der Waals surface area contributed by atoms with Crippen molar-refractivity contribution in [3.05, 3.63) is 65.2 Å². The topological polar surface area (TPSA) is 66.5 Å². The molecule has 0 unspecified atom stereocenters. The normalized spacial score (nSPS) is 21.0. The third-order valence-electron chi connectivity index (χ3n) is 6.10. The smallest absolute Gasteiger partial charge is 0.410 e. The Bertz CT molecular complexity index is 1140. The van der Waals surface area contributed by atoms with E-state index in [0.717, 1.165) is 10.4 Å². The van der Waals surface area contributed by atoms with E-state index in [4.69, 9.17) is 16.0 Å². The molecule has 1 saturated heterocycles. The van der Waals surface area contributed by atoms with Crippen molar-refractivity contribution in [3.63, 3.8) is 0 Å². The van der Waals surface area contributed by atoms with Gasteiger partial charge in [-0.05, 0) is 30.3 Å². The quantitative estimate of drug-likeness (QED) is 0.587. The maximum absolute atomic E-state index is 13.8. The average molecular weight is 480 g/mol. The minimum atomic E-state index is -4.52. The largest absolute Gasteiger partial charge is 0.467 e. The molecule has 1 amide bonds. The molecule has 0 radical (unpaired) electrons. The van der Waals surface area contributed by atoms with Gasteiger partial charge in [0.15, 0.2) is 6.04 Å². The fourth-order valence-electron chi connectivity index (χ4n) is 4.41. The summed E-state index contributed by atoms with van der Waals surface area (Å²) >= 11 is 6.08. The number of aromatic nitrogens is 2. The summed E-state index contributed by atoms with van der Waals surface area (Å²) < 4.78 is 47.6. The van der Waals surface area contributed by atoms with Crippen LogP contribution in [-0.2, 0) is 0 Å². The standard InChI is InChI=1S/C22H21ClF3N5O2/c23-14-3-1-4-15(11-14)29-6-8-30(9-7-29)21(32)16-13-27-31-19(22(24,25)26)12-17(28-20(16)31)18-5-2-10-33-18/h1-5,10-11,13,17,19,28H,6-9,12H2/t17-,19+/m0/s1. The number of nitrogens with zero attached hydrogens (tertiary/aromatic N) is 4. The van der Waals surface area contributed by atoms with E-state index in [1.807, 2.05) is 18.2 Å². The molecule has 33 heavy (non-hydrogen) atoms. The molecule has 0 spiro atoms. The van der Waals surface area contributed by atoms with Gasteiger partial charge in [-0.3, -0.25) is 4.79 Å². The van der Waals surface area contributed by atoms with Crippen LogP contribution >= 0.6 is 11.6 Å². The van der Waals surface area contributed by atoms with Crippen molar-refractivity contribution in [2.45, 2.75) is 24.7 Å². The second-order valence-corrected chi connectivity index (χ2v) is 8.55. The number of halogens is 4. The molecule has 4 heterocycles. The van der Waals surface area contributed by atoms with Crippen molar-refractivity contribution in [1.29, 1.82) is 0 Å². The van der Waals surface area contributed by atoms with Crippen molar-refractivity contribution in [3.8, 4) is 0 Å².